The Hall–Kier alpha value is -1.52. The fourth-order valence-corrected chi connectivity index (χ4v) is 0.896. The van der Waals surface area contributed by atoms with Gasteiger partial charge in [-0.25, -0.2) is 9.18 Å². The maximum absolute atomic E-state index is 13.4. The van der Waals surface area contributed by atoms with Crippen LogP contribution in [0.1, 0.15) is 29.9 Å². The maximum atomic E-state index is 13.4. The van der Waals surface area contributed by atoms with Crippen molar-refractivity contribution in [2.24, 2.45) is 0 Å². The molecule has 0 spiro atoms. The molecular formula is C9H11FN2O2. The highest BCUT2D eigenvalue weighted by atomic mass is 19.1. The number of rotatable bonds is 2. The van der Waals surface area contributed by atoms with Gasteiger partial charge in [-0.15, -0.1) is 5.10 Å². The summed E-state index contributed by atoms with van der Waals surface area (Å²) >= 11 is 0. The van der Waals surface area contributed by atoms with Gasteiger partial charge in [-0.05, 0) is 19.9 Å². The average molecular weight is 198 g/mol. The number of esters is 1. The molecule has 0 fully saturated rings. The number of carbonyl (C=O) groups is 1. The van der Waals surface area contributed by atoms with Crippen LogP contribution in [0.2, 0.25) is 0 Å². The number of hydrogen-bond donors (Lipinski definition) is 0. The molecule has 1 rings (SSSR count). The fraction of sp³-hybridized carbons (Fsp3) is 0.444. The van der Waals surface area contributed by atoms with Gasteiger partial charge in [-0.1, -0.05) is 0 Å². The number of alkyl halides is 1. The Kier molecular flexibility index (Phi) is 2.78. The Morgan fingerprint density at radius 3 is 2.71 bits per heavy atom. The first kappa shape index (κ1) is 10.6. The molecule has 4 nitrogen and oxygen atoms in total. The first-order valence-corrected chi connectivity index (χ1v) is 4.05. The summed E-state index contributed by atoms with van der Waals surface area (Å²) < 4.78 is 17.9. The number of aromatic nitrogens is 2. The Bertz CT molecular complexity index is 347. The van der Waals surface area contributed by atoms with Crippen molar-refractivity contribution in [2.75, 3.05) is 7.11 Å². The number of carbonyl (C=O) groups excluding carboxylic acids is 1. The number of ether oxygens (including phenoxy) is 1. The van der Waals surface area contributed by atoms with Gasteiger partial charge in [0.1, 0.15) is 5.67 Å². The van der Waals surface area contributed by atoms with E-state index in [1.807, 2.05) is 0 Å². The van der Waals surface area contributed by atoms with Crippen molar-refractivity contribution in [3.63, 3.8) is 0 Å². The monoisotopic (exact) mass is 198 g/mol. The van der Waals surface area contributed by atoms with E-state index in [1.54, 1.807) is 0 Å². The molecule has 0 N–H and O–H groups in total. The predicted molar refractivity (Wildman–Crippen MR) is 47.5 cm³/mol. The molecule has 0 aromatic carbocycles. The van der Waals surface area contributed by atoms with Gasteiger partial charge in [-0.3, -0.25) is 0 Å². The van der Waals surface area contributed by atoms with E-state index >= 15 is 0 Å². The average Bonchev–Trinajstić information content (AvgIpc) is 2.15. The van der Waals surface area contributed by atoms with Gasteiger partial charge in [0.05, 0.1) is 13.3 Å². The molecule has 0 amide bonds. The molecule has 5 heteroatoms. The number of nitrogens with zero attached hydrogens (tertiary/aromatic N) is 2. The second-order valence-corrected chi connectivity index (χ2v) is 3.29. The minimum Gasteiger partial charge on any atom is -0.464 e. The molecule has 0 atom stereocenters. The summed E-state index contributed by atoms with van der Waals surface area (Å²) in [5, 5.41) is 7.06. The fourth-order valence-electron chi connectivity index (χ4n) is 0.896. The third kappa shape index (κ3) is 2.25. The van der Waals surface area contributed by atoms with E-state index in [0.717, 1.165) is 0 Å². The molecule has 1 aromatic heterocycles. The number of hydrogen-bond acceptors (Lipinski definition) is 4. The lowest BCUT2D eigenvalue weighted by Gasteiger charge is -2.13. The quantitative estimate of drug-likeness (QED) is 0.675. The molecule has 76 valence electrons. The van der Waals surface area contributed by atoms with Crippen molar-refractivity contribution >= 4 is 5.97 Å². The van der Waals surface area contributed by atoms with E-state index < -0.39 is 11.6 Å². The Labute approximate surface area is 81.1 Å². The van der Waals surface area contributed by atoms with Gasteiger partial charge in [0.2, 0.25) is 0 Å². The molecule has 1 heterocycles. The van der Waals surface area contributed by atoms with E-state index in [-0.39, 0.29) is 5.69 Å². The number of methoxy groups -OCH3 is 1. The second kappa shape index (κ2) is 3.69. The van der Waals surface area contributed by atoms with E-state index in [4.69, 9.17) is 0 Å². The van der Waals surface area contributed by atoms with Crippen LogP contribution in [-0.4, -0.2) is 23.3 Å². The minimum absolute atomic E-state index is 0.00993. The molecule has 1 aromatic rings. The molecule has 0 saturated carbocycles. The van der Waals surface area contributed by atoms with Crippen LogP contribution >= 0.6 is 0 Å². The van der Waals surface area contributed by atoms with E-state index in [9.17, 15) is 9.18 Å². The molecule has 0 aliphatic heterocycles. The first-order valence-electron chi connectivity index (χ1n) is 4.05. The van der Waals surface area contributed by atoms with Gasteiger partial charge >= 0.3 is 5.97 Å². The topological polar surface area (TPSA) is 52.1 Å². The van der Waals surface area contributed by atoms with Gasteiger partial charge < -0.3 is 4.74 Å². The summed E-state index contributed by atoms with van der Waals surface area (Å²) in [7, 11) is 1.23. The molecule has 14 heavy (non-hydrogen) atoms. The zero-order valence-corrected chi connectivity index (χ0v) is 8.24. The van der Waals surface area contributed by atoms with Crippen LogP contribution in [0.5, 0.6) is 0 Å². The summed E-state index contributed by atoms with van der Waals surface area (Å²) in [5.41, 5.74) is -1.23. The van der Waals surface area contributed by atoms with Crippen LogP contribution in [0.15, 0.2) is 12.3 Å². The van der Waals surface area contributed by atoms with Crippen LogP contribution in [0.25, 0.3) is 0 Å². The maximum Gasteiger partial charge on any atom is 0.358 e. The van der Waals surface area contributed by atoms with Crippen LogP contribution in [0, 0.1) is 0 Å². The zero-order valence-electron chi connectivity index (χ0n) is 8.24. The van der Waals surface area contributed by atoms with Crippen LogP contribution in [-0.2, 0) is 10.4 Å². The summed E-state index contributed by atoms with van der Waals surface area (Å²) in [5.74, 6) is -0.622. The Morgan fingerprint density at radius 1 is 1.57 bits per heavy atom. The third-order valence-corrected chi connectivity index (χ3v) is 1.74. The van der Waals surface area contributed by atoms with E-state index in [2.05, 4.69) is 14.9 Å². The van der Waals surface area contributed by atoms with Crippen molar-refractivity contribution in [3.05, 3.63) is 23.5 Å². The first-order chi connectivity index (χ1) is 6.45. The predicted octanol–water partition coefficient (Wildman–Crippen LogP) is 1.47. The Balaban J connectivity index is 3.08. The van der Waals surface area contributed by atoms with Gasteiger partial charge in [0.15, 0.2) is 5.69 Å². The van der Waals surface area contributed by atoms with Gasteiger partial charge in [0, 0.05) is 5.56 Å². The highest BCUT2D eigenvalue weighted by molar-refractivity contribution is 5.87. The summed E-state index contributed by atoms with van der Waals surface area (Å²) in [6.07, 6.45) is 1.28. The lowest BCUT2D eigenvalue weighted by atomic mass is 10.0. The Morgan fingerprint density at radius 2 is 2.21 bits per heavy atom. The lowest BCUT2D eigenvalue weighted by molar-refractivity contribution is 0.0592. The standard InChI is InChI=1S/C9H11FN2O2/c1-9(2,10)6-4-7(8(13)14-3)12-11-5-6/h4-5H,1-3H3. The molecule has 0 aliphatic rings. The molecular weight excluding hydrogens is 187 g/mol. The highest BCUT2D eigenvalue weighted by Crippen LogP contribution is 2.23. The summed E-state index contributed by atoms with van der Waals surface area (Å²) in [6, 6.07) is 1.33. The minimum atomic E-state index is -1.54. The third-order valence-electron chi connectivity index (χ3n) is 1.74. The second-order valence-electron chi connectivity index (χ2n) is 3.29. The molecule has 0 bridgehead atoms. The van der Waals surface area contributed by atoms with E-state index in [0.29, 0.717) is 5.56 Å². The van der Waals surface area contributed by atoms with Crippen molar-refractivity contribution in [1.29, 1.82) is 0 Å². The van der Waals surface area contributed by atoms with Crippen LogP contribution in [0.4, 0.5) is 4.39 Å². The number of halogens is 1. The highest BCUT2D eigenvalue weighted by Gasteiger charge is 2.21. The van der Waals surface area contributed by atoms with Crippen LogP contribution in [0.3, 0.4) is 0 Å². The zero-order chi connectivity index (χ0) is 10.8. The largest absolute Gasteiger partial charge is 0.464 e. The van der Waals surface area contributed by atoms with Crippen LogP contribution < -0.4 is 0 Å². The van der Waals surface area contributed by atoms with Crippen molar-refractivity contribution in [2.45, 2.75) is 19.5 Å². The van der Waals surface area contributed by atoms with Gasteiger partial charge in [0.25, 0.3) is 0 Å². The molecule has 0 unspecified atom stereocenters. The smallest absolute Gasteiger partial charge is 0.358 e. The summed E-state index contributed by atoms with van der Waals surface area (Å²) in [4.78, 5) is 11.0. The summed E-state index contributed by atoms with van der Waals surface area (Å²) in [6.45, 7) is 2.76. The lowest BCUT2D eigenvalue weighted by Crippen LogP contribution is -2.13. The van der Waals surface area contributed by atoms with Crippen molar-refractivity contribution in [3.8, 4) is 0 Å². The SMILES string of the molecule is COC(=O)c1cc(C(C)(C)F)cnn1. The molecule has 0 radical (unpaired) electrons. The normalized spacial score (nSPS) is 11.1. The van der Waals surface area contributed by atoms with Crippen molar-refractivity contribution < 1.29 is 13.9 Å². The van der Waals surface area contributed by atoms with Crippen molar-refractivity contribution in [1.82, 2.24) is 10.2 Å². The van der Waals surface area contributed by atoms with Gasteiger partial charge in [-0.2, -0.15) is 5.10 Å². The molecule has 0 aliphatic carbocycles. The van der Waals surface area contributed by atoms with E-state index in [1.165, 1.54) is 33.2 Å². The molecule has 0 saturated heterocycles.